The van der Waals surface area contributed by atoms with Crippen LogP contribution in [0, 0.1) is 5.92 Å². The van der Waals surface area contributed by atoms with Crippen LogP contribution in [-0.4, -0.2) is 33.3 Å². The first-order valence-corrected chi connectivity index (χ1v) is 12.6. The van der Waals surface area contributed by atoms with Crippen LogP contribution in [-0.2, 0) is 10.0 Å². The smallest absolute Gasteiger partial charge is 0.264 e. The van der Waals surface area contributed by atoms with Crippen LogP contribution < -0.4 is 14.9 Å². The van der Waals surface area contributed by atoms with Crippen LogP contribution >= 0.6 is 0 Å². The highest BCUT2D eigenvalue weighted by Gasteiger charge is 2.34. The number of sulfonamides is 1. The third-order valence-corrected chi connectivity index (χ3v) is 7.60. The third-order valence-electron chi connectivity index (χ3n) is 5.65. The van der Waals surface area contributed by atoms with E-state index in [0.29, 0.717) is 46.1 Å². The van der Waals surface area contributed by atoms with Gasteiger partial charge in [0.1, 0.15) is 0 Å². The van der Waals surface area contributed by atoms with Crippen molar-refractivity contribution in [2.45, 2.75) is 25.7 Å². The molecule has 176 valence electrons. The quantitative estimate of drug-likeness (QED) is 0.546. The third kappa shape index (κ3) is 4.28. The van der Waals surface area contributed by atoms with Gasteiger partial charge in [-0.05, 0) is 49.2 Å². The van der Waals surface area contributed by atoms with Crippen LogP contribution in [0.1, 0.15) is 41.5 Å². The number of benzene rings is 3. The largest absolute Gasteiger partial charge is 0.352 e. The minimum atomic E-state index is -3.67. The Kier molecular flexibility index (Phi) is 6.43. The molecule has 34 heavy (non-hydrogen) atoms. The lowest BCUT2D eigenvalue weighted by Gasteiger charge is -2.31. The lowest BCUT2D eigenvalue weighted by molar-refractivity contribution is 0.0950. The fourth-order valence-corrected chi connectivity index (χ4v) is 5.69. The number of fused-ring (bicyclic) bond motifs is 3. The fourth-order valence-electron chi connectivity index (χ4n) is 3.99. The Labute approximate surface area is 199 Å². The maximum Gasteiger partial charge on any atom is 0.264 e. The number of rotatable bonds is 6. The first-order valence-electron chi connectivity index (χ1n) is 11.2. The standard InChI is InChI=1S/C26H27N3O4S/c1-4-29-23-14-13-18(15-21(23)19-9-6-8-12-24(19)34(29,32)33)25(30)28-22-11-7-5-10-20(22)26(31)27-16-17(2)3/h5-15,17H,4,16H2,1-3H3,(H,27,31)(H,28,30). The maximum atomic E-state index is 13.2. The molecule has 7 nitrogen and oxygen atoms in total. The summed E-state index contributed by atoms with van der Waals surface area (Å²) in [6, 6.07) is 18.6. The van der Waals surface area contributed by atoms with E-state index in [9.17, 15) is 18.0 Å². The zero-order valence-electron chi connectivity index (χ0n) is 19.3. The molecular formula is C26H27N3O4S. The minimum Gasteiger partial charge on any atom is -0.352 e. The summed E-state index contributed by atoms with van der Waals surface area (Å²) < 4.78 is 27.5. The second-order valence-corrected chi connectivity index (χ2v) is 10.3. The number of anilines is 2. The zero-order valence-corrected chi connectivity index (χ0v) is 20.1. The number of nitrogens with zero attached hydrogens (tertiary/aromatic N) is 1. The molecule has 1 aliphatic heterocycles. The summed E-state index contributed by atoms with van der Waals surface area (Å²) in [5, 5.41) is 5.71. The Bertz CT molecular complexity index is 1370. The Morgan fingerprint density at radius 3 is 2.35 bits per heavy atom. The molecule has 1 aliphatic rings. The second-order valence-electron chi connectivity index (χ2n) is 8.50. The van der Waals surface area contributed by atoms with Crippen LogP contribution in [0.4, 0.5) is 11.4 Å². The molecule has 0 saturated carbocycles. The Morgan fingerprint density at radius 2 is 1.62 bits per heavy atom. The number of carbonyl (C=O) groups is 2. The van der Waals surface area contributed by atoms with Gasteiger partial charge in [0.05, 0.1) is 21.8 Å². The van der Waals surface area contributed by atoms with Gasteiger partial charge in [-0.25, -0.2) is 8.42 Å². The number of hydrogen-bond acceptors (Lipinski definition) is 4. The maximum absolute atomic E-state index is 13.2. The monoisotopic (exact) mass is 477 g/mol. The van der Waals surface area contributed by atoms with E-state index in [2.05, 4.69) is 10.6 Å². The van der Waals surface area contributed by atoms with Crippen LogP contribution in [0.2, 0.25) is 0 Å². The van der Waals surface area contributed by atoms with Crippen molar-refractivity contribution in [3.8, 4) is 11.1 Å². The van der Waals surface area contributed by atoms with Crippen molar-refractivity contribution >= 4 is 33.2 Å². The van der Waals surface area contributed by atoms with Gasteiger partial charge in [0.15, 0.2) is 0 Å². The van der Waals surface area contributed by atoms with Gasteiger partial charge in [0.2, 0.25) is 0 Å². The summed E-state index contributed by atoms with van der Waals surface area (Å²) in [6.45, 7) is 6.59. The predicted octanol–water partition coefficient (Wildman–Crippen LogP) is 4.52. The van der Waals surface area contributed by atoms with Crippen LogP contribution in [0.15, 0.2) is 71.6 Å². The van der Waals surface area contributed by atoms with E-state index in [1.165, 1.54) is 4.31 Å². The average molecular weight is 478 g/mol. The predicted molar refractivity (Wildman–Crippen MR) is 134 cm³/mol. The van der Waals surface area contributed by atoms with Crippen LogP contribution in [0.3, 0.4) is 0 Å². The van der Waals surface area contributed by atoms with E-state index in [-0.39, 0.29) is 23.3 Å². The van der Waals surface area contributed by atoms with Gasteiger partial charge < -0.3 is 10.6 Å². The molecule has 0 bridgehead atoms. The number of carbonyl (C=O) groups excluding carboxylic acids is 2. The van der Waals surface area contributed by atoms with Gasteiger partial charge in [-0.3, -0.25) is 13.9 Å². The minimum absolute atomic E-state index is 0.217. The van der Waals surface area contributed by atoms with Crippen molar-refractivity contribution in [2.24, 2.45) is 5.92 Å². The molecule has 2 N–H and O–H groups in total. The molecule has 2 amide bonds. The molecule has 0 aromatic heterocycles. The summed E-state index contributed by atoms with van der Waals surface area (Å²) in [4.78, 5) is 26.0. The molecule has 0 unspecified atom stereocenters. The van der Waals surface area contributed by atoms with Gasteiger partial charge in [-0.2, -0.15) is 0 Å². The zero-order chi connectivity index (χ0) is 24.5. The summed E-state index contributed by atoms with van der Waals surface area (Å²) in [7, 11) is -3.67. The van der Waals surface area contributed by atoms with Crippen molar-refractivity contribution in [1.82, 2.24) is 5.32 Å². The number of nitrogens with one attached hydrogen (secondary N) is 2. The Hall–Kier alpha value is -3.65. The Morgan fingerprint density at radius 1 is 0.912 bits per heavy atom. The molecule has 0 fully saturated rings. The number of hydrogen-bond donors (Lipinski definition) is 2. The molecule has 0 atom stereocenters. The van der Waals surface area contributed by atoms with Crippen LogP contribution in [0.5, 0.6) is 0 Å². The van der Waals surface area contributed by atoms with E-state index in [1.54, 1.807) is 73.7 Å². The summed E-state index contributed by atoms with van der Waals surface area (Å²) in [5.74, 6) is -0.343. The van der Waals surface area contributed by atoms with Crippen molar-refractivity contribution in [2.75, 3.05) is 22.7 Å². The summed E-state index contributed by atoms with van der Waals surface area (Å²) in [6.07, 6.45) is 0. The average Bonchev–Trinajstić information content (AvgIpc) is 2.83. The van der Waals surface area contributed by atoms with Gasteiger partial charge in [-0.1, -0.05) is 44.2 Å². The first kappa shape index (κ1) is 23.5. The summed E-state index contributed by atoms with van der Waals surface area (Å²) >= 11 is 0. The van der Waals surface area contributed by atoms with Crippen molar-refractivity contribution in [1.29, 1.82) is 0 Å². The molecule has 0 saturated heterocycles. The normalized spacial score (nSPS) is 13.7. The molecule has 1 heterocycles. The van der Waals surface area contributed by atoms with Gasteiger partial charge >= 0.3 is 0 Å². The molecule has 0 spiro atoms. The summed E-state index contributed by atoms with van der Waals surface area (Å²) in [5.41, 5.74) is 2.91. The number of para-hydroxylation sites is 1. The Balaban J connectivity index is 1.68. The molecule has 0 aliphatic carbocycles. The highest BCUT2D eigenvalue weighted by molar-refractivity contribution is 7.93. The highest BCUT2D eigenvalue weighted by Crippen LogP contribution is 2.43. The fraction of sp³-hybridized carbons (Fsp3) is 0.231. The van der Waals surface area contributed by atoms with Crippen molar-refractivity contribution in [3.63, 3.8) is 0 Å². The first-order chi connectivity index (χ1) is 16.2. The molecule has 3 aromatic carbocycles. The van der Waals surface area contributed by atoms with Gasteiger partial charge in [0.25, 0.3) is 21.8 Å². The molecule has 3 aromatic rings. The SMILES string of the molecule is CCN1c2ccc(C(=O)Nc3ccccc3C(=O)NCC(C)C)cc2-c2ccccc2S1(=O)=O. The lowest BCUT2D eigenvalue weighted by atomic mass is 9.99. The van der Waals surface area contributed by atoms with Crippen molar-refractivity contribution < 1.29 is 18.0 Å². The topological polar surface area (TPSA) is 95.6 Å². The van der Waals surface area contributed by atoms with Gasteiger partial charge in [0, 0.05) is 29.8 Å². The van der Waals surface area contributed by atoms with E-state index < -0.39 is 10.0 Å². The van der Waals surface area contributed by atoms with Crippen molar-refractivity contribution in [3.05, 3.63) is 77.9 Å². The number of amides is 2. The second kappa shape index (κ2) is 9.30. The molecular weight excluding hydrogens is 450 g/mol. The van der Waals surface area contributed by atoms with E-state index in [4.69, 9.17) is 0 Å². The van der Waals surface area contributed by atoms with E-state index in [1.807, 2.05) is 13.8 Å². The van der Waals surface area contributed by atoms with E-state index >= 15 is 0 Å². The van der Waals surface area contributed by atoms with Crippen LogP contribution in [0.25, 0.3) is 11.1 Å². The molecule has 0 radical (unpaired) electrons. The molecule has 8 heteroatoms. The van der Waals surface area contributed by atoms with E-state index in [0.717, 1.165) is 0 Å². The lowest BCUT2D eigenvalue weighted by Crippen LogP contribution is -2.34. The van der Waals surface area contributed by atoms with Gasteiger partial charge in [-0.15, -0.1) is 0 Å². The molecule has 4 rings (SSSR count). The highest BCUT2D eigenvalue weighted by atomic mass is 32.2.